The van der Waals surface area contributed by atoms with Gasteiger partial charge in [-0.2, -0.15) is 0 Å². The molecule has 0 aliphatic rings. The van der Waals surface area contributed by atoms with E-state index in [1.807, 2.05) is 0 Å². The smallest absolute Gasteiger partial charge is 0.444 e. The highest BCUT2D eigenvalue weighted by Gasteiger charge is 2.17. The fourth-order valence-corrected chi connectivity index (χ4v) is 2.72. The number of hydrogen-bond acceptors (Lipinski definition) is 9. The minimum atomic E-state index is -1.09. The Labute approximate surface area is 206 Å². The van der Waals surface area contributed by atoms with Crippen molar-refractivity contribution in [1.29, 1.82) is 0 Å². The highest BCUT2D eigenvalue weighted by atomic mass is 16.7. The normalized spacial score (nSPS) is 10.5. The van der Waals surface area contributed by atoms with Crippen LogP contribution in [0.4, 0.5) is 21.0 Å². The molecule has 192 valence electrons. The summed E-state index contributed by atoms with van der Waals surface area (Å²) in [5.41, 5.74) is -0.0729. The molecular weight excluding hydrogens is 476 g/mol. The summed E-state index contributed by atoms with van der Waals surface area (Å²) < 4.78 is 15.2. The maximum Gasteiger partial charge on any atom is 0.514 e. The molecule has 0 aromatic heterocycles. The van der Waals surface area contributed by atoms with Gasteiger partial charge in [-0.3, -0.25) is 19.7 Å². The molecule has 0 saturated heterocycles. The van der Waals surface area contributed by atoms with Crippen LogP contribution in [-0.4, -0.2) is 48.2 Å². The molecule has 0 bridgehead atoms. The van der Waals surface area contributed by atoms with Gasteiger partial charge < -0.3 is 30.2 Å². The molecule has 0 spiro atoms. The average molecular weight is 502 g/mol. The summed E-state index contributed by atoms with van der Waals surface area (Å²) in [6.07, 6.45) is -1.28. The monoisotopic (exact) mass is 502 g/mol. The largest absolute Gasteiger partial charge is 0.514 e. The van der Waals surface area contributed by atoms with Crippen LogP contribution in [0.3, 0.4) is 0 Å². The van der Waals surface area contributed by atoms with Crippen LogP contribution in [0.5, 0.6) is 5.75 Å². The molecule has 2 aromatic rings. The SMILES string of the molecule is CC(C)(C)OC(=O)NCCNC(=O)c1cc(NC=O)ccc1COC(=O)Oc1ccc([N+](=O)[O-])cc1. The van der Waals surface area contributed by atoms with Gasteiger partial charge in [-0.15, -0.1) is 0 Å². The molecule has 0 unspecified atom stereocenters. The van der Waals surface area contributed by atoms with E-state index in [0.717, 1.165) is 0 Å². The summed E-state index contributed by atoms with van der Waals surface area (Å²) in [4.78, 5) is 57.3. The molecule has 2 aromatic carbocycles. The number of ether oxygens (including phenoxy) is 3. The van der Waals surface area contributed by atoms with E-state index in [1.165, 1.54) is 42.5 Å². The lowest BCUT2D eigenvalue weighted by Crippen LogP contribution is -2.38. The first-order valence-corrected chi connectivity index (χ1v) is 10.7. The van der Waals surface area contributed by atoms with Crippen LogP contribution in [-0.2, 0) is 20.9 Å². The second kappa shape index (κ2) is 12.7. The van der Waals surface area contributed by atoms with Gasteiger partial charge in [0.2, 0.25) is 6.41 Å². The fraction of sp³-hybridized carbons (Fsp3) is 0.304. The summed E-state index contributed by atoms with van der Waals surface area (Å²) in [5, 5.41) is 18.3. The Morgan fingerprint density at radius 1 is 1.03 bits per heavy atom. The molecule has 36 heavy (non-hydrogen) atoms. The molecule has 0 aliphatic heterocycles. The van der Waals surface area contributed by atoms with E-state index in [2.05, 4.69) is 16.0 Å². The second-order valence-electron chi connectivity index (χ2n) is 8.21. The van der Waals surface area contributed by atoms with Crippen molar-refractivity contribution >= 4 is 35.9 Å². The van der Waals surface area contributed by atoms with E-state index in [1.54, 1.807) is 20.8 Å². The third-order valence-electron chi connectivity index (χ3n) is 4.25. The van der Waals surface area contributed by atoms with Crippen molar-refractivity contribution in [3.63, 3.8) is 0 Å². The first kappa shape index (κ1) is 27.6. The molecule has 0 heterocycles. The Hall–Kier alpha value is -4.68. The van der Waals surface area contributed by atoms with E-state index in [-0.39, 0.29) is 36.7 Å². The number of nitrogens with zero attached hydrogens (tertiary/aromatic N) is 1. The summed E-state index contributed by atoms with van der Waals surface area (Å²) in [7, 11) is 0. The highest BCUT2D eigenvalue weighted by molar-refractivity contribution is 5.97. The van der Waals surface area contributed by atoms with Gasteiger partial charge >= 0.3 is 12.2 Å². The van der Waals surface area contributed by atoms with Crippen molar-refractivity contribution in [2.45, 2.75) is 33.0 Å². The molecular formula is C23H26N4O9. The van der Waals surface area contributed by atoms with Crippen LogP contribution < -0.4 is 20.7 Å². The Morgan fingerprint density at radius 3 is 2.31 bits per heavy atom. The Kier molecular flexibility index (Phi) is 9.72. The van der Waals surface area contributed by atoms with E-state index >= 15 is 0 Å². The van der Waals surface area contributed by atoms with Gasteiger partial charge in [0.1, 0.15) is 18.0 Å². The lowest BCUT2D eigenvalue weighted by Gasteiger charge is -2.19. The fourth-order valence-electron chi connectivity index (χ4n) is 2.72. The summed E-state index contributed by atoms with van der Waals surface area (Å²) >= 11 is 0. The zero-order valence-corrected chi connectivity index (χ0v) is 19.9. The number of rotatable bonds is 10. The predicted octanol–water partition coefficient (Wildman–Crippen LogP) is 3.13. The number of carbonyl (C=O) groups is 4. The number of benzene rings is 2. The standard InChI is InChI=1S/C23H26N4O9/c1-23(2,3)36-21(30)25-11-10-24-20(29)19-12-16(26-14-28)5-4-15(19)13-34-22(31)35-18-8-6-17(7-9-18)27(32)33/h4-9,12,14H,10-11,13H2,1-3H3,(H,24,29)(H,25,30)(H,26,28). The van der Waals surface area contributed by atoms with Gasteiger partial charge in [0.25, 0.3) is 11.6 Å². The van der Waals surface area contributed by atoms with Gasteiger partial charge in [0.15, 0.2) is 0 Å². The number of nitrogens with one attached hydrogen (secondary N) is 3. The number of carbonyl (C=O) groups excluding carboxylic acids is 4. The van der Waals surface area contributed by atoms with Crippen molar-refractivity contribution in [1.82, 2.24) is 10.6 Å². The van der Waals surface area contributed by atoms with Crippen LogP contribution in [0.2, 0.25) is 0 Å². The maximum atomic E-state index is 12.7. The number of amides is 3. The zero-order chi connectivity index (χ0) is 26.7. The molecule has 0 aliphatic carbocycles. The third-order valence-corrected chi connectivity index (χ3v) is 4.25. The van der Waals surface area contributed by atoms with Crippen molar-refractivity contribution in [2.24, 2.45) is 0 Å². The number of hydrogen-bond donors (Lipinski definition) is 3. The van der Waals surface area contributed by atoms with E-state index in [4.69, 9.17) is 14.2 Å². The molecule has 3 amide bonds. The Bertz CT molecular complexity index is 1110. The van der Waals surface area contributed by atoms with E-state index in [0.29, 0.717) is 17.7 Å². The van der Waals surface area contributed by atoms with Crippen molar-refractivity contribution in [3.8, 4) is 5.75 Å². The first-order chi connectivity index (χ1) is 17.0. The lowest BCUT2D eigenvalue weighted by atomic mass is 10.1. The quantitative estimate of drug-likeness (QED) is 0.110. The number of anilines is 1. The number of non-ortho nitro benzene ring substituents is 1. The van der Waals surface area contributed by atoms with Crippen molar-refractivity contribution < 1.29 is 38.3 Å². The minimum Gasteiger partial charge on any atom is -0.444 e. The molecule has 0 saturated carbocycles. The maximum absolute atomic E-state index is 12.7. The highest BCUT2D eigenvalue weighted by Crippen LogP contribution is 2.20. The summed E-state index contributed by atoms with van der Waals surface area (Å²) in [6.45, 7) is 5.00. The zero-order valence-electron chi connectivity index (χ0n) is 19.9. The minimum absolute atomic E-state index is 0.0339. The number of nitro benzene ring substituents is 1. The Morgan fingerprint density at radius 2 is 1.69 bits per heavy atom. The lowest BCUT2D eigenvalue weighted by molar-refractivity contribution is -0.384. The van der Waals surface area contributed by atoms with Gasteiger partial charge in [-0.25, -0.2) is 9.59 Å². The van der Waals surface area contributed by atoms with Gasteiger partial charge in [-0.1, -0.05) is 6.07 Å². The molecule has 0 fully saturated rings. The van der Waals surface area contributed by atoms with Gasteiger partial charge in [0.05, 0.1) is 4.92 Å². The summed E-state index contributed by atoms with van der Waals surface area (Å²) in [5.74, 6) is -0.510. The molecule has 13 heteroatoms. The second-order valence-corrected chi connectivity index (χ2v) is 8.21. The Balaban J connectivity index is 1.97. The molecule has 0 radical (unpaired) electrons. The predicted molar refractivity (Wildman–Crippen MR) is 127 cm³/mol. The van der Waals surface area contributed by atoms with E-state index < -0.39 is 28.7 Å². The van der Waals surface area contributed by atoms with Crippen LogP contribution in [0, 0.1) is 10.1 Å². The van der Waals surface area contributed by atoms with E-state index in [9.17, 15) is 29.3 Å². The van der Waals surface area contributed by atoms with Crippen LogP contribution in [0.1, 0.15) is 36.7 Å². The van der Waals surface area contributed by atoms with Crippen LogP contribution in [0.25, 0.3) is 0 Å². The summed E-state index contributed by atoms with van der Waals surface area (Å²) in [6, 6.07) is 9.20. The average Bonchev–Trinajstić information content (AvgIpc) is 2.80. The number of alkyl carbamates (subject to hydrolysis) is 1. The van der Waals surface area contributed by atoms with Gasteiger partial charge in [-0.05, 0) is 45.0 Å². The van der Waals surface area contributed by atoms with Crippen LogP contribution >= 0.6 is 0 Å². The molecule has 0 atom stereocenters. The third kappa shape index (κ3) is 9.29. The van der Waals surface area contributed by atoms with Crippen LogP contribution in [0.15, 0.2) is 42.5 Å². The van der Waals surface area contributed by atoms with Crippen molar-refractivity contribution in [3.05, 3.63) is 63.7 Å². The molecule has 2 rings (SSSR count). The number of nitro groups is 1. The topological polar surface area (TPSA) is 175 Å². The molecule has 3 N–H and O–H groups in total. The van der Waals surface area contributed by atoms with Crippen molar-refractivity contribution in [2.75, 3.05) is 18.4 Å². The first-order valence-electron chi connectivity index (χ1n) is 10.7. The van der Waals surface area contributed by atoms with Gasteiger partial charge in [0, 0.05) is 42.0 Å². The molecule has 13 nitrogen and oxygen atoms in total.